The minimum Gasteiger partial charge on any atom is -0.390 e. The molecule has 0 aromatic carbocycles. The maximum absolute atomic E-state index is 12.4. The van der Waals surface area contributed by atoms with Crippen molar-refractivity contribution in [3.8, 4) is 0 Å². The maximum Gasteiger partial charge on any atom is 0.226 e. The van der Waals surface area contributed by atoms with E-state index in [-0.39, 0.29) is 11.3 Å². The van der Waals surface area contributed by atoms with Gasteiger partial charge in [0.2, 0.25) is 5.91 Å². The van der Waals surface area contributed by atoms with Gasteiger partial charge in [-0.05, 0) is 62.7 Å². The molecule has 0 saturated heterocycles. The number of amides is 1. The van der Waals surface area contributed by atoms with Crippen LogP contribution in [0.5, 0.6) is 0 Å². The second-order valence-corrected chi connectivity index (χ2v) is 8.56. The van der Waals surface area contributed by atoms with Crippen molar-refractivity contribution in [2.75, 3.05) is 5.32 Å². The van der Waals surface area contributed by atoms with Crippen molar-refractivity contribution in [1.82, 2.24) is 4.98 Å². The minimum atomic E-state index is -0.484. The van der Waals surface area contributed by atoms with Crippen LogP contribution < -0.4 is 5.32 Å². The van der Waals surface area contributed by atoms with Gasteiger partial charge in [-0.2, -0.15) is 0 Å². The Morgan fingerprint density at radius 2 is 2.14 bits per heavy atom. The number of anilines is 1. The van der Waals surface area contributed by atoms with Crippen molar-refractivity contribution < 1.29 is 9.90 Å². The van der Waals surface area contributed by atoms with Gasteiger partial charge in [0.1, 0.15) is 0 Å². The number of thiazole rings is 1. The number of nitrogens with zero attached hydrogens (tertiary/aromatic N) is 1. The summed E-state index contributed by atoms with van der Waals surface area (Å²) in [7, 11) is 0. The summed E-state index contributed by atoms with van der Waals surface area (Å²) in [5, 5.41) is 16.3. The van der Waals surface area contributed by atoms with Gasteiger partial charge in [0.15, 0.2) is 5.13 Å². The van der Waals surface area contributed by atoms with E-state index >= 15 is 0 Å². The molecule has 5 heteroatoms. The predicted octanol–water partition coefficient (Wildman–Crippen LogP) is 3.11. The highest BCUT2D eigenvalue weighted by Gasteiger charge is 2.57. The summed E-state index contributed by atoms with van der Waals surface area (Å²) in [6.45, 7) is 1.93. The lowest BCUT2D eigenvalue weighted by Crippen LogP contribution is -2.56. The molecule has 0 radical (unpaired) electrons. The van der Waals surface area contributed by atoms with E-state index in [1.165, 1.54) is 17.8 Å². The molecule has 0 unspecified atom stereocenters. The molecule has 1 heterocycles. The summed E-state index contributed by atoms with van der Waals surface area (Å²) in [6.07, 6.45) is 6.78. The highest BCUT2D eigenvalue weighted by Crippen LogP contribution is 2.62. The molecule has 1 aromatic rings. The Bertz CT molecular complexity index is 569. The van der Waals surface area contributed by atoms with Crippen molar-refractivity contribution in [1.29, 1.82) is 0 Å². The van der Waals surface area contributed by atoms with Crippen LogP contribution in [0.3, 0.4) is 0 Å². The van der Waals surface area contributed by atoms with Crippen LogP contribution in [0.4, 0.5) is 5.13 Å². The average molecular weight is 306 g/mol. The number of aliphatic hydroxyl groups is 1. The molecule has 2 N–H and O–H groups in total. The van der Waals surface area contributed by atoms with E-state index < -0.39 is 5.60 Å². The molecule has 4 bridgehead atoms. The molecule has 2 atom stereocenters. The maximum atomic E-state index is 12.4. The lowest BCUT2D eigenvalue weighted by atomic mass is 9.47. The molecule has 4 fully saturated rings. The summed E-state index contributed by atoms with van der Waals surface area (Å²) in [5.41, 5.74) is 0.497. The largest absolute Gasteiger partial charge is 0.390 e. The standard InChI is InChI=1S/C16H22N2O2S/c1-10-8-21-14(17-10)18-13(19)7-15-3-11-2-12(4-15)6-16(20,5-11)9-15/h8,11-12,20H,2-7,9H2,1H3,(H,17,18,19)/t11-,12-,15?,16?/m1/s1. The zero-order valence-corrected chi connectivity index (χ0v) is 13.2. The van der Waals surface area contributed by atoms with E-state index in [4.69, 9.17) is 0 Å². The van der Waals surface area contributed by atoms with E-state index in [0.29, 0.717) is 23.4 Å². The van der Waals surface area contributed by atoms with Crippen LogP contribution >= 0.6 is 11.3 Å². The molecule has 0 aliphatic heterocycles. The van der Waals surface area contributed by atoms with Crippen LogP contribution in [0.1, 0.15) is 50.6 Å². The van der Waals surface area contributed by atoms with Crippen LogP contribution in [0.25, 0.3) is 0 Å². The minimum absolute atomic E-state index is 0.0369. The van der Waals surface area contributed by atoms with Gasteiger partial charge >= 0.3 is 0 Å². The Morgan fingerprint density at radius 3 is 2.71 bits per heavy atom. The highest BCUT2D eigenvalue weighted by atomic mass is 32.1. The van der Waals surface area contributed by atoms with Gasteiger partial charge in [-0.3, -0.25) is 4.79 Å². The summed E-state index contributed by atoms with van der Waals surface area (Å²) >= 11 is 1.48. The van der Waals surface area contributed by atoms with E-state index in [1.807, 2.05) is 12.3 Å². The first kappa shape index (κ1) is 13.7. The van der Waals surface area contributed by atoms with Crippen molar-refractivity contribution in [3.05, 3.63) is 11.1 Å². The fraction of sp³-hybridized carbons (Fsp3) is 0.750. The molecule has 1 aromatic heterocycles. The number of nitrogens with one attached hydrogen (secondary N) is 1. The monoisotopic (exact) mass is 306 g/mol. The van der Waals surface area contributed by atoms with Gasteiger partial charge in [-0.15, -0.1) is 11.3 Å². The molecule has 4 aliphatic rings. The topological polar surface area (TPSA) is 62.2 Å². The number of carbonyl (C=O) groups excluding carboxylic acids is 1. The van der Waals surface area contributed by atoms with Crippen LogP contribution in [0.15, 0.2) is 5.38 Å². The van der Waals surface area contributed by atoms with Gasteiger partial charge < -0.3 is 10.4 Å². The Kier molecular flexibility index (Phi) is 2.95. The fourth-order valence-corrected chi connectivity index (χ4v) is 6.23. The third kappa shape index (κ3) is 2.50. The summed E-state index contributed by atoms with van der Waals surface area (Å²) in [6, 6.07) is 0. The smallest absolute Gasteiger partial charge is 0.226 e. The molecule has 114 valence electrons. The van der Waals surface area contributed by atoms with Crippen molar-refractivity contribution in [2.24, 2.45) is 17.3 Å². The number of rotatable bonds is 3. The van der Waals surface area contributed by atoms with Gasteiger partial charge in [-0.25, -0.2) is 4.98 Å². The van der Waals surface area contributed by atoms with Gasteiger partial charge in [-0.1, -0.05) is 0 Å². The van der Waals surface area contributed by atoms with E-state index in [0.717, 1.165) is 37.8 Å². The van der Waals surface area contributed by atoms with Crippen LogP contribution in [0, 0.1) is 24.2 Å². The second-order valence-electron chi connectivity index (χ2n) is 7.70. The normalized spacial score (nSPS) is 40.5. The van der Waals surface area contributed by atoms with Crippen molar-refractivity contribution in [2.45, 2.75) is 57.5 Å². The number of hydrogen-bond donors (Lipinski definition) is 2. The van der Waals surface area contributed by atoms with Crippen molar-refractivity contribution >= 4 is 22.4 Å². The van der Waals surface area contributed by atoms with Crippen LogP contribution in [-0.4, -0.2) is 21.6 Å². The molecule has 0 spiro atoms. The third-order valence-electron chi connectivity index (χ3n) is 5.55. The van der Waals surface area contributed by atoms with Gasteiger partial charge in [0, 0.05) is 11.8 Å². The van der Waals surface area contributed by atoms with E-state index in [1.54, 1.807) is 0 Å². The first-order valence-electron chi connectivity index (χ1n) is 7.88. The number of carbonyl (C=O) groups is 1. The Hall–Kier alpha value is -0.940. The fourth-order valence-electron chi connectivity index (χ4n) is 5.52. The predicted molar refractivity (Wildman–Crippen MR) is 82.2 cm³/mol. The molecule has 4 aliphatic carbocycles. The zero-order valence-electron chi connectivity index (χ0n) is 12.4. The lowest BCUT2D eigenvalue weighted by molar-refractivity contribution is -0.167. The van der Waals surface area contributed by atoms with E-state index in [9.17, 15) is 9.90 Å². The molecule has 21 heavy (non-hydrogen) atoms. The SMILES string of the molecule is Cc1csc(NC(=O)CC23C[C@H]4C[C@@H](CC(O)(C4)C2)C3)n1. The first-order valence-corrected chi connectivity index (χ1v) is 8.76. The molecule has 5 rings (SSSR count). The molecular formula is C16H22N2O2S. The van der Waals surface area contributed by atoms with Gasteiger partial charge in [0.05, 0.1) is 11.3 Å². The highest BCUT2D eigenvalue weighted by molar-refractivity contribution is 7.13. The molecule has 4 saturated carbocycles. The Labute approximate surface area is 129 Å². The molecular weight excluding hydrogens is 284 g/mol. The third-order valence-corrected chi connectivity index (χ3v) is 6.43. The van der Waals surface area contributed by atoms with Crippen molar-refractivity contribution in [3.63, 3.8) is 0 Å². The Balaban J connectivity index is 1.47. The van der Waals surface area contributed by atoms with E-state index in [2.05, 4.69) is 10.3 Å². The lowest BCUT2D eigenvalue weighted by Gasteiger charge is -2.60. The average Bonchev–Trinajstić information content (AvgIpc) is 2.69. The summed E-state index contributed by atoms with van der Waals surface area (Å²) < 4.78 is 0. The molecule has 4 nitrogen and oxygen atoms in total. The Morgan fingerprint density at radius 1 is 1.43 bits per heavy atom. The number of hydrogen-bond acceptors (Lipinski definition) is 4. The van der Waals surface area contributed by atoms with Crippen LogP contribution in [0.2, 0.25) is 0 Å². The van der Waals surface area contributed by atoms with Crippen LogP contribution in [-0.2, 0) is 4.79 Å². The summed E-state index contributed by atoms with van der Waals surface area (Å²) in [5.74, 6) is 1.33. The quantitative estimate of drug-likeness (QED) is 0.902. The first-order chi connectivity index (χ1) is 9.94. The van der Waals surface area contributed by atoms with Gasteiger partial charge in [0.25, 0.3) is 0 Å². The zero-order chi connectivity index (χ0) is 14.7. The second kappa shape index (κ2) is 4.53. The summed E-state index contributed by atoms with van der Waals surface area (Å²) in [4.78, 5) is 16.7. The number of aromatic nitrogens is 1. The number of aryl methyl sites for hydroxylation is 1. The molecule has 1 amide bonds.